The molecule has 0 saturated carbocycles. The van der Waals surface area contributed by atoms with Crippen LogP contribution >= 0.6 is 25.3 Å². The average Bonchev–Trinajstić information content (AvgIpc) is 2.04. The predicted octanol–water partition coefficient (Wildman–Crippen LogP) is -0.155. The molecule has 0 radical (unpaired) electrons. The van der Waals surface area contributed by atoms with Crippen LogP contribution in [0.1, 0.15) is 6.42 Å². The fourth-order valence-electron chi connectivity index (χ4n) is 0.253. The molecule has 0 amide bonds. The Morgan fingerprint density at radius 2 is 1.43 bits per heavy atom. The third-order valence-corrected chi connectivity index (χ3v) is 1.46. The molecule has 14 heavy (non-hydrogen) atoms. The van der Waals surface area contributed by atoms with Gasteiger partial charge in [0.15, 0.2) is 0 Å². The summed E-state index contributed by atoms with van der Waals surface area (Å²) in [7, 11) is 0. The highest BCUT2D eigenvalue weighted by Crippen LogP contribution is 1.99. The topological polar surface area (TPSA) is 112 Å². The van der Waals surface area contributed by atoms with E-state index in [2.05, 4.69) is 25.3 Å². The second-order valence-electron chi connectivity index (χ2n) is 2.00. The summed E-state index contributed by atoms with van der Waals surface area (Å²) in [6.45, 7) is 0. The van der Waals surface area contributed by atoms with Crippen molar-refractivity contribution < 1.29 is 29.7 Å². The van der Waals surface area contributed by atoms with Gasteiger partial charge in [0.2, 0.25) is 0 Å². The Balaban J connectivity index is 0. The Kier molecular flexibility index (Phi) is 9.68. The number of rotatable bonds is 4. The smallest absolute Gasteiger partial charge is 0.316 e. The van der Waals surface area contributed by atoms with Crippen LogP contribution in [0.15, 0.2) is 0 Å². The minimum absolute atomic E-state index is 0.0833. The summed E-state index contributed by atoms with van der Waals surface area (Å²) in [6.07, 6.45) is -0.446. The highest BCUT2D eigenvalue weighted by molar-refractivity contribution is 7.81. The fourth-order valence-corrected chi connectivity index (χ4v) is 0.409. The molecule has 0 aliphatic rings. The molecule has 0 aromatic carbocycles. The first-order chi connectivity index (χ1) is 6.31. The van der Waals surface area contributed by atoms with Crippen molar-refractivity contribution in [3.05, 3.63) is 0 Å². The number of carbonyl (C=O) groups is 3. The third-order valence-electron chi connectivity index (χ3n) is 0.788. The lowest BCUT2D eigenvalue weighted by Gasteiger charge is -1.97. The van der Waals surface area contributed by atoms with E-state index >= 15 is 0 Å². The van der Waals surface area contributed by atoms with Gasteiger partial charge >= 0.3 is 17.9 Å². The maximum absolute atomic E-state index is 9.90. The summed E-state index contributed by atoms with van der Waals surface area (Å²) < 4.78 is 0. The highest BCUT2D eigenvalue weighted by Gasteiger charge is 2.14. The molecule has 0 saturated heterocycles. The van der Waals surface area contributed by atoms with E-state index < -0.39 is 29.6 Å². The molecule has 1 unspecified atom stereocenters. The highest BCUT2D eigenvalue weighted by atomic mass is 32.1. The van der Waals surface area contributed by atoms with Crippen LogP contribution in [0.4, 0.5) is 0 Å². The zero-order chi connectivity index (χ0) is 11.7. The van der Waals surface area contributed by atoms with Crippen molar-refractivity contribution in [2.24, 2.45) is 0 Å². The van der Waals surface area contributed by atoms with Gasteiger partial charge in [0.25, 0.3) is 0 Å². The molecular weight excluding hydrogens is 232 g/mol. The molecule has 1 atom stereocenters. The molecule has 82 valence electrons. The number of hydrogen-bond acceptors (Lipinski definition) is 5. The molecule has 0 spiro atoms. The summed E-state index contributed by atoms with van der Waals surface area (Å²) in [5.74, 6) is -3.33. The molecule has 0 aromatic rings. The number of carboxylic acids is 3. The number of thiol groups is 2. The number of hydrogen-bond donors (Lipinski definition) is 5. The SMILES string of the molecule is O=C(O)CC(S)C(=O)O.O=C(O)CS. The van der Waals surface area contributed by atoms with E-state index in [4.69, 9.17) is 15.3 Å². The molecule has 0 fully saturated rings. The summed E-state index contributed by atoms with van der Waals surface area (Å²) in [5.41, 5.74) is 0. The van der Waals surface area contributed by atoms with Gasteiger partial charge in [0, 0.05) is 0 Å². The Morgan fingerprint density at radius 3 is 1.50 bits per heavy atom. The van der Waals surface area contributed by atoms with Crippen LogP contribution in [-0.2, 0) is 14.4 Å². The van der Waals surface area contributed by atoms with E-state index in [1.54, 1.807) is 0 Å². The molecule has 0 aromatic heterocycles. The van der Waals surface area contributed by atoms with Crippen molar-refractivity contribution in [1.29, 1.82) is 0 Å². The van der Waals surface area contributed by atoms with E-state index in [1.807, 2.05) is 0 Å². The van der Waals surface area contributed by atoms with Gasteiger partial charge in [-0.05, 0) is 0 Å². The number of carboxylic acid groups (broad SMARTS) is 3. The minimum atomic E-state index is -1.21. The molecule has 3 N–H and O–H groups in total. The molecular formula is C6H10O6S2. The van der Waals surface area contributed by atoms with Gasteiger partial charge in [-0.1, -0.05) is 0 Å². The molecule has 0 aliphatic carbocycles. The van der Waals surface area contributed by atoms with Crippen LogP contribution in [0.3, 0.4) is 0 Å². The van der Waals surface area contributed by atoms with E-state index in [-0.39, 0.29) is 5.75 Å². The average molecular weight is 242 g/mol. The van der Waals surface area contributed by atoms with Gasteiger partial charge in [0.1, 0.15) is 5.25 Å². The van der Waals surface area contributed by atoms with E-state index in [9.17, 15) is 14.4 Å². The minimum Gasteiger partial charge on any atom is -0.481 e. The summed E-state index contributed by atoms with van der Waals surface area (Å²) in [5, 5.41) is 22.7. The van der Waals surface area contributed by atoms with E-state index in [0.29, 0.717) is 0 Å². The first kappa shape index (κ1) is 15.6. The van der Waals surface area contributed by atoms with Gasteiger partial charge in [-0.3, -0.25) is 14.4 Å². The third kappa shape index (κ3) is 13.7. The maximum atomic E-state index is 9.90. The van der Waals surface area contributed by atoms with Crippen molar-refractivity contribution in [1.82, 2.24) is 0 Å². The Bertz CT molecular complexity index is 216. The predicted molar refractivity (Wildman–Crippen MR) is 54.2 cm³/mol. The first-order valence-electron chi connectivity index (χ1n) is 3.26. The van der Waals surface area contributed by atoms with Gasteiger partial charge in [-0.2, -0.15) is 25.3 Å². The monoisotopic (exact) mass is 242 g/mol. The van der Waals surface area contributed by atoms with Crippen LogP contribution < -0.4 is 0 Å². The first-order valence-corrected chi connectivity index (χ1v) is 4.41. The molecule has 8 heteroatoms. The zero-order valence-corrected chi connectivity index (χ0v) is 8.74. The lowest BCUT2D eigenvalue weighted by molar-refractivity contribution is -0.142. The quantitative estimate of drug-likeness (QED) is 0.438. The van der Waals surface area contributed by atoms with Crippen molar-refractivity contribution in [2.45, 2.75) is 11.7 Å². The molecule has 0 bridgehead atoms. The maximum Gasteiger partial charge on any atom is 0.316 e. The van der Waals surface area contributed by atoms with Gasteiger partial charge in [-0.25, -0.2) is 0 Å². The molecule has 6 nitrogen and oxygen atoms in total. The zero-order valence-electron chi connectivity index (χ0n) is 6.95. The van der Waals surface area contributed by atoms with Crippen LogP contribution in [0.2, 0.25) is 0 Å². The lowest BCUT2D eigenvalue weighted by Crippen LogP contribution is -2.17. The Morgan fingerprint density at radius 1 is 1.07 bits per heavy atom. The van der Waals surface area contributed by atoms with Crippen LogP contribution in [0, 0.1) is 0 Å². The Hall–Kier alpha value is -0.890. The van der Waals surface area contributed by atoms with Gasteiger partial charge < -0.3 is 15.3 Å². The van der Waals surface area contributed by atoms with Crippen LogP contribution in [-0.4, -0.2) is 44.2 Å². The molecule has 0 rings (SSSR count). The molecule has 0 heterocycles. The normalized spacial score (nSPS) is 10.7. The fraction of sp³-hybridized carbons (Fsp3) is 0.500. The van der Waals surface area contributed by atoms with Gasteiger partial charge in [-0.15, -0.1) is 0 Å². The second kappa shape index (κ2) is 8.70. The lowest BCUT2D eigenvalue weighted by atomic mass is 10.3. The summed E-state index contributed by atoms with van der Waals surface area (Å²) in [4.78, 5) is 29.0. The van der Waals surface area contributed by atoms with Crippen LogP contribution in [0.25, 0.3) is 0 Å². The second-order valence-corrected chi connectivity index (χ2v) is 2.94. The van der Waals surface area contributed by atoms with Crippen molar-refractivity contribution in [2.75, 3.05) is 5.75 Å². The van der Waals surface area contributed by atoms with Crippen molar-refractivity contribution >= 4 is 43.2 Å². The largest absolute Gasteiger partial charge is 0.481 e. The number of aliphatic carboxylic acids is 3. The van der Waals surface area contributed by atoms with E-state index in [1.165, 1.54) is 0 Å². The van der Waals surface area contributed by atoms with Crippen LogP contribution in [0.5, 0.6) is 0 Å². The standard InChI is InChI=1S/C4H6O4S.C2H4O2S/c5-3(6)1-2(9)4(7)8;3-2(4)1-5/h2,9H,1H2,(H,5,6)(H,7,8);5H,1H2,(H,3,4). The summed E-state index contributed by atoms with van der Waals surface area (Å²) in [6, 6.07) is 0. The summed E-state index contributed by atoms with van der Waals surface area (Å²) >= 11 is 6.90. The van der Waals surface area contributed by atoms with Crippen molar-refractivity contribution in [3.8, 4) is 0 Å². The van der Waals surface area contributed by atoms with E-state index in [0.717, 1.165) is 0 Å². The van der Waals surface area contributed by atoms with Gasteiger partial charge in [0.05, 0.1) is 12.2 Å². The molecule has 0 aliphatic heterocycles. The Labute approximate surface area is 90.7 Å². The van der Waals surface area contributed by atoms with Crippen molar-refractivity contribution in [3.63, 3.8) is 0 Å².